The van der Waals surface area contributed by atoms with E-state index in [4.69, 9.17) is 0 Å². The summed E-state index contributed by atoms with van der Waals surface area (Å²) in [4.78, 5) is 39.8. The van der Waals surface area contributed by atoms with Crippen LogP contribution in [0, 0.1) is 13.8 Å². The van der Waals surface area contributed by atoms with Crippen LogP contribution >= 0.6 is 0 Å². The minimum absolute atomic E-state index is 0. The summed E-state index contributed by atoms with van der Waals surface area (Å²) in [7, 11) is 0. The first kappa shape index (κ1) is 19.7. The number of hydrogen-bond donors (Lipinski definition) is 0. The Morgan fingerprint density at radius 2 is 1.00 bits per heavy atom. The van der Waals surface area contributed by atoms with E-state index in [9.17, 15) is 19.2 Å². The molecule has 15 heavy (non-hydrogen) atoms. The summed E-state index contributed by atoms with van der Waals surface area (Å²) in [6.07, 6.45) is -0.0556. The zero-order valence-corrected chi connectivity index (χ0v) is 10.6. The Labute approximate surface area is 106 Å². The van der Waals surface area contributed by atoms with Crippen LogP contribution in [0.2, 0.25) is 0 Å². The van der Waals surface area contributed by atoms with Gasteiger partial charge in [0, 0.05) is 24.4 Å². The van der Waals surface area contributed by atoms with Crippen molar-refractivity contribution in [1.29, 1.82) is 0 Å². The third kappa shape index (κ3) is 32.0. The van der Waals surface area contributed by atoms with Crippen molar-refractivity contribution in [3.8, 4) is 0 Å². The van der Waals surface area contributed by atoms with Crippen molar-refractivity contribution in [3.63, 3.8) is 0 Å². The average molecular weight is 223 g/mol. The second-order valence-electron chi connectivity index (χ2n) is 2.83. The predicted octanol–water partition coefficient (Wildman–Crippen LogP) is 0.357. The van der Waals surface area contributed by atoms with Crippen LogP contribution in [-0.4, -0.2) is 46.2 Å². The molecule has 4 nitrogen and oxygen atoms in total. The molecule has 0 rings (SSSR count). The minimum Gasteiger partial charge on any atom is -0.339 e. The molecular weight excluding hydrogens is 208 g/mol. The molecule has 0 amide bonds. The van der Waals surface area contributed by atoms with Gasteiger partial charge in [0.2, 0.25) is 0 Å². The molecule has 0 N–H and O–H groups in total. The van der Waals surface area contributed by atoms with Crippen LogP contribution in [0.25, 0.3) is 0 Å². The Hall–Kier alpha value is -0.814. The van der Waals surface area contributed by atoms with Crippen molar-refractivity contribution in [2.24, 2.45) is 0 Å². The molecule has 0 aliphatic rings. The summed E-state index contributed by atoms with van der Waals surface area (Å²) < 4.78 is 0. The van der Waals surface area contributed by atoms with Gasteiger partial charge in [-0.05, 0) is 13.8 Å². The fourth-order valence-corrected chi connectivity index (χ4v) is 0.555. The summed E-state index contributed by atoms with van der Waals surface area (Å²) in [6.45, 7) is 8.77. The molecule has 80 valence electrons. The Morgan fingerprint density at radius 3 is 1.00 bits per heavy atom. The van der Waals surface area contributed by atoms with E-state index in [0.717, 1.165) is 0 Å². The van der Waals surface area contributed by atoms with Crippen LogP contribution in [0.15, 0.2) is 0 Å². The molecule has 0 saturated carbocycles. The maximum Gasteiger partial charge on any atom is 2.00 e. The van der Waals surface area contributed by atoms with Gasteiger partial charge in [0.15, 0.2) is 0 Å². The second kappa shape index (κ2) is 11.3. The zero-order chi connectivity index (χ0) is 11.7. The van der Waals surface area contributed by atoms with Crippen LogP contribution in [0.1, 0.15) is 26.7 Å². The number of carbonyl (C=O) groups is 4. The molecule has 5 heteroatoms. The normalized spacial score (nSPS) is 7.60. The maximum atomic E-state index is 9.99. The molecule has 0 radical (unpaired) electrons. The Kier molecular flexibility index (Phi) is 14.8. The van der Waals surface area contributed by atoms with Crippen LogP contribution in [-0.2, 0) is 19.2 Å². The minimum atomic E-state index is -0.312. The molecule has 0 aromatic heterocycles. The van der Waals surface area contributed by atoms with Crippen molar-refractivity contribution >= 4 is 46.2 Å². The van der Waals surface area contributed by atoms with E-state index in [-0.39, 0.29) is 59.0 Å². The van der Waals surface area contributed by atoms with E-state index in [1.165, 1.54) is 13.8 Å². The van der Waals surface area contributed by atoms with Crippen molar-refractivity contribution in [2.75, 3.05) is 0 Å². The molecule has 0 atom stereocenters. The monoisotopic (exact) mass is 222 g/mol. The third-order valence-corrected chi connectivity index (χ3v) is 0.892. The fraction of sp³-hybridized carbons (Fsp3) is 0.400. The number of rotatable bonds is 4. The van der Waals surface area contributed by atoms with Gasteiger partial charge in [-0.1, -0.05) is 0 Å². The first-order valence-electron chi connectivity index (χ1n) is 3.94. The SMILES string of the molecule is [CH2-]C(=O)CC(C)=O.[CH2-]C(=O)CC(C)=O.[Mg+2]. The fourth-order valence-electron chi connectivity index (χ4n) is 0.555. The molecule has 0 bridgehead atoms. The van der Waals surface area contributed by atoms with Gasteiger partial charge in [0.05, 0.1) is 0 Å². The van der Waals surface area contributed by atoms with Crippen LogP contribution in [0.3, 0.4) is 0 Å². The van der Waals surface area contributed by atoms with Crippen LogP contribution in [0.4, 0.5) is 0 Å². The number of carbonyl (C=O) groups excluding carboxylic acids is 4. The molecular formula is C10H14MgO4. The summed E-state index contributed by atoms with van der Waals surface area (Å²) in [6, 6.07) is 0. The number of hydrogen-bond acceptors (Lipinski definition) is 4. The smallest absolute Gasteiger partial charge is 0.339 e. The molecule has 0 unspecified atom stereocenters. The molecule has 0 aromatic carbocycles. The first-order valence-corrected chi connectivity index (χ1v) is 3.94. The van der Waals surface area contributed by atoms with E-state index >= 15 is 0 Å². The maximum absolute atomic E-state index is 9.99. The zero-order valence-electron chi connectivity index (χ0n) is 9.17. The van der Waals surface area contributed by atoms with Gasteiger partial charge in [-0.15, -0.1) is 0 Å². The van der Waals surface area contributed by atoms with Gasteiger partial charge in [-0.3, -0.25) is 9.59 Å². The van der Waals surface area contributed by atoms with E-state index in [0.29, 0.717) is 0 Å². The van der Waals surface area contributed by atoms with Gasteiger partial charge in [0.1, 0.15) is 11.6 Å². The van der Waals surface area contributed by atoms with Crippen molar-refractivity contribution in [3.05, 3.63) is 13.8 Å². The van der Waals surface area contributed by atoms with Crippen molar-refractivity contribution < 1.29 is 19.2 Å². The van der Waals surface area contributed by atoms with Gasteiger partial charge in [-0.2, -0.15) is 0 Å². The van der Waals surface area contributed by atoms with Gasteiger partial charge in [0.25, 0.3) is 0 Å². The Morgan fingerprint density at radius 1 is 0.800 bits per heavy atom. The van der Waals surface area contributed by atoms with Crippen LogP contribution in [0.5, 0.6) is 0 Å². The molecule has 0 aliphatic carbocycles. The second-order valence-corrected chi connectivity index (χ2v) is 2.83. The number of Topliss-reactive ketones (excluding diaryl/α,β-unsaturated/α-hetero) is 4. The van der Waals surface area contributed by atoms with E-state index < -0.39 is 0 Å². The molecule has 0 fully saturated rings. The summed E-state index contributed by atoms with van der Waals surface area (Å²) >= 11 is 0. The summed E-state index contributed by atoms with van der Waals surface area (Å²) in [5.74, 6) is -0.875. The van der Waals surface area contributed by atoms with Crippen LogP contribution < -0.4 is 0 Å². The summed E-state index contributed by atoms with van der Waals surface area (Å²) in [5, 5.41) is 0. The molecule has 0 aromatic rings. The molecule has 0 spiro atoms. The molecule has 0 aliphatic heterocycles. The largest absolute Gasteiger partial charge is 2.00 e. The first-order chi connectivity index (χ1) is 6.25. The molecule has 0 heterocycles. The van der Waals surface area contributed by atoms with Gasteiger partial charge >= 0.3 is 23.1 Å². The predicted molar refractivity (Wildman–Crippen MR) is 57.1 cm³/mol. The molecule has 0 saturated heterocycles. The van der Waals surface area contributed by atoms with Gasteiger partial charge in [-0.25, -0.2) is 0 Å². The number of ketones is 4. The third-order valence-electron chi connectivity index (χ3n) is 0.892. The van der Waals surface area contributed by atoms with Gasteiger partial charge < -0.3 is 23.4 Å². The van der Waals surface area contributed by atoms with E-state index in [2.05, 4.69) is 13.8 Å². The standard InChI is InChI=1S/2C5H7O2.Mg/c2*1-4(6)3-5(2)7;/h2*1,3H2,2H3;/q2*-1;+2. The quantitative estimate of drug-likeness (QED) is 0.391. The van der Waals surface area contributed by atoms with Crippen molar-refractivity contribution in [2.45, 2.75) is 26.7 Å². The van der Waals surface area contributed by atoms with Crippen molar-refractivity contribution in [1.82, 2.24) is 0 Å². The summed E-state index contributed by atoms with van der Waals surface area (Å²) in [5.41, 5.74) is 0. The Balaban J connectivity index is -0.000000180. The van der Waals surface area contributed by atoms with E-state index in [1.807, 2.05) is 0 Å². The Bertz CT molecular complexity index is 196. The van der Waals surface area contributed by atoms with E-state index in [1.54, 1.807) is 0 Å². The average Bonchev–Trinajstić information content (AvgIpc) is 1.79. The topological polar surface area (TPSA) is 68.3 Å².